The quantitative estimate of drug-likeness (QED) is 0.810. The van der Waals surface area contributed by atoms with E-state index in [1.165, 1.54) is 36.8 Å². The van der Waals surface area contributed by atoms with Crippen LogP contribution in [0.4, 0.5) is 0 Å². The number of nitrogens with zero attached hydrogens (tertiary/aromatic N) is 1. The van der Waals surface area contributed by atoms with E-state index in [2.05, 4.69) is 30.3 Å². The highest BCUT2D eigenvalue weighted by molar-refractivity contribution is 5.84. The molecule has 1 N–H and O–H groups in total. The number of rotatable bonds is 5. The Morgan fingerprint density at radius 2 is 2.00 bits per heavy atom. The van der Waals surface area contributed by atoms with E-state index in [0.29, 0.717) is 31.2 Å². The van der Waals surface area contributed by atoms with Crippen LogP contribution < -0.4 is 0 Å². The average Bonchev–Trinajstić information content (AvgIpc) is 3.31. The summed E-state index contributed by atoms with van der Waals surface area (Å²) in [6.07, 6.45) is 10.3. The molecule has 1 aromatic carbocycles. The van der Waals surface area contributed by atoms with Gasteiger partial charge in [-0.25, -0.2) is 4.79 Å². The van der Waals surface area contributed by atoms with E-state index in [0.717, 1.165) is 18.3 Å². The number of benzene rings is 1. The van der Waals surface area contributed by atoms with Crippen molar-refractivity contribution in [2.24, 2.45) is 11.8 Å². The molecule has 4 bridgehead atoms. The lowest BCUT2D eigenvalue weighted by Crippen LogP contribution is -2.40. The maximum atomic E-state index is 12.5. The van der Waals surface area contributed by atoms with Gasteiger partial charge in [-0.15, -0.1) is 0 Å². The van der Waals surface area contributed by atoms with Gasteiger partial charge in [0, 0.05) is 18.4 Å². The largest absolute Gasteiger partial charge is 0.480 e. The highest BCUT2D eigenvalue weighted by Crippen LogP contribution is 2.62. The van der Waals surface area contributed by atoms with Crippen molar-refractivity contribution in [3.8, 4) is 0 Å². The molecule has 142 valence electrons. The summed E-state index contributed by atoms with van der Waals surface area (Å²) in [5.41, 5.74) is 4.62. The van der Waals surface area contributed by atoms with E-state index in [1.54, 1.807) is 10.5 Å². The summed E-state index contributed by atoms with van der Waals surface area (Å²) >= 11 is 0. The molecule has 2 saturated carbocycles. The Labute approximate surface area is 160 Å². The first-order valence-corrected chi connectivity index (χ1v) is 10.4. The molecule has 1 saturated heterocycles. The second-order valence-electron chi connectivity index (χ2n) is 9.03. The minimum atomic E-state index is -0.875. The second kappa shape index (κ2) is 6.22. The summed E-state index contributed by atoms with van der Waals surface area (Å²) in [5, 5.41) is 9.25. The summed E-state index contributed by atoms with van der Waals surface area (Å²) in [6.45, 7) is 0.578. The number of carboxylic acid groups (broad SMARTS) is 1. The van der Waals surface area contributed by atoms with Crippen molar-refractivity contribution in [2.45, 2.75) is 62.8 Å². The van der Waals surface area contributed by atoms with E-state index in [-0.39, 0.29) is 5.91 Å². The van der Waals surface area contributed by atoms with Crippen LogP contribution >= 0.6 is 0 Å². The summed E-state index contributed by atoms with van der Waals surface area (Å²) < 4.78 is 0. The zero-order valence-corrected chi connectivity index (χ0v) is 15.7. The molecule has 27 heavy (non-hydrogen) atoms. The van der Waals surface area contributed by atoms with E-state index in [4.69, 9.17) is 0 Å². The number of carbonyl (C=O) groups excluding carboxylic acids is 1. The monoisotopic (exact) mass is 365 g/mol. The molecule has 4 aliphatic carbocycles. The highest BCUT2D eigenvalue weighted by atomic mass is 16.4. The fourth-order valence-corrected chi connectivity index (χ4v) is 6.31. The zero-order chi connectivity index (χ0) is 18.6. The highest BCUT2D eigenvalue weighted by Gasteiger charge is 2.53. The van der Waals surface area contributed by atoms with Crippen LogP contribution in [0.1, 0.15) is 56.1 Å². The van der Waals surface area contributed by atoms with Crippen molar-refractivity contribution in [3.05, 3.63) is 47.0 Å². The molecule has 0 aromatic heterocycles. The fourth-order valence-electron chi connectivity index (χ4n) is 6.31. The standard InChI is InChI=1S/C23H27NO3/c25-21(24-9-1-2-20(24)22(26)27)8-5-15-3-6-18(7-4-15)23-13-16-10-17(14-23)12-19(23)11-16/h3-4,6-7,11,16-17,20H,1-2,5,8-10,12-14H2,(H,26,27)/t16?,17?,20-,23?/m0/s1. The first-order valence-electron chi connectivity index (χ1n) is 10.4. The molecule has 1 amide bonds. The topological polar surface area (TPSA) is 57.6 Å². The first kappa shape index (κ1) is 17.0. The molecular weight excluding hydrogens is 338 g/mol. The smallest absolute Gasteiger partial charge is 0.326 e. The number of aliphatic carboxylic acids is 1. The van der Waals surface area contributed by atoms with Crippen molar-refractivity contribution < 1.29 is 14.7 Å². The van der Waals surface area contributed by atoms with E-state index >= 15 is 0 Å². The van der Waals surface area contributed by atoms with E-state index in [9.17, 15) is 14.7 Å². The van der Waals surface area contributed by atoms with Crippen LogP contribution in [0.25, 0.3) is 0 Å². The van der Waals surface area contributed by atoms with Crippen molar-refractivity contribution >= 4 is 11.9 Å². The van der Waals surface area contributed by atoms with Gasteiger partial charge in [0.2, 0.25) is 5.91 Å². The predicted molar refractivity (Wildman–Crippen MR) is 102 cm³/mol. The number of hydrogen-bond donors (Lipinski definition) is 1. The van der Waals surface area contributed by atoms with Crippen LogP contribution in [-0.2, 0) is 21.4 Å². The number of likely N-dealkylation sites (tertiary alicyclic amines) is 1. The number of hydrogen-bond acceptors (Lipinski definition) is 2. The molecular formula is C23H27NO3. The number of carboxylic acids is 1. The van der Waals surface area contributed by atoms with Crippen LogP contribution in [-0.4, -0.2) is 34.5 Å². The fraction of sp³-hybridized carbons (Fsp3) is 0.565. The lowest BCUT2D eigenvalue weighted by molar-refractivity contribution is -0.148. The summed E-state index contributed by atoms with van der Waals surface area (Å²) in [5.74, 6) is 0.787. The Hall–Kier alpha value is -2.10. The second-order valence-corrected chi connectivity index (χ2v) is 9.03. The molecule has 5 aliphatic rings. The normalized spacial score (nSPS) is 33.6. The molecule has 1 aliphatic heterocycles. The van der Waals surface area contributed by atoms with Crippen molar-refractivity contribution in [2.75, 3.05) is 6.54 Å². The lowest BCUT2D eigenvalue weighted by Gasteiger charge is -2.33. The maximum Gasteiger partial charge on any atom is 0.326 e. The molecule has 4 heteroatoms. The SMILES string of the molecule is O=C(O)[C@@H]1CCCN1C(=O)CCc1ccc(C23CC4C=C2CC(C4)C3)cc1. The molecule has 4 atom stereocenters. The van der Waals surface area contributed by atoms with Gasteiger partial charge in [-0.05, 0) is 67.9 Å². The lowest BCUT2D eigenvalue weighted by atomic mass is 9.70. The number of aryl methyl sites for hydroxylation is 1. The van der Waals surface area contributed by atoms with Crippen molar-refractivity contribution in [1.29, 1.82) is 0 Å². The summed E-state index contributed by atoms with van der Waals surface area (Å²) in [7, 11) is 0. The van der Waals surface area contributed by atoms with Gasteiger partial charge >= 0.3 is 5.97 Å². The molecule has 6 rings (SSSR count). The van der Waals surface area contributed by atoms with Crippen LogP contribution in [0.15, 0.2) is 35.9 Å². The van der Waals surface area contributed by atoms with Gasteiger partial charge in [0.05, 0.1) is 0 Å². The van der Waals surface area contributed by atoms with E-state index in [1.807, 2.05) is 0 Å². The number of carbonyl (C=O) groups is 2. The van der Waals surface area contributed by atoms with Crippen LogP contribution in [0.5, 0.6) is 0 Å². The predicted octanol–water partition coefficient (Wildman–Crippen LogP) is 3.69. The Bertz CT molecular complexity index is 811. The third kappa shape index (κ3) is 2.72. The van der Waals surface area contributed by atoms with Gasteiger partial charge in [0.25, 0.3) is 0 Å². The average molecular weight is 365 g/mol. The molecule has 3 fully saturated rings. The number of allylic oxidation sites excluding steroid dienone is 2. The zero-order valence-electron chi connectivity index (χ0n) is 15.7. The van der Waals surface area contributed by atoms with Crippen molar-refractivity contribution in [1.82, 2.24) is 4.90 Å². The molecule has 1 aromatic rings. The van der Waals surface area contributed by atoms with Gasteiger partial charge in [0.15, 0.2) is 0 Å². The first-order chi connectivity index (χ1) is 13.0. The molecule has 0 radical (unpaired) electrons. The minimum absolute atomic E-state index is 0.0283. The van der Waals surface area contributed by atoms with Crippen LogP contribution in [0.2, 0.25) is 0 Å². The molecule has 3 unspecified atom stereocenters. The molecule has 4 nitrogen and oxygen atoms in total. The van der Waals surface area contributed by atoms with Crippen molar-refractivity contribution in [3.63, 3.8) is 0 Å². The third-order valence-corrected chi connectivity index (χ3v) is 7.44. The van der Waals surface area contributed by atoms with Gasteiger partial charge in [-0.2, -0.15) is 0 Å². The van der Waals surface area contributed by atoms with E-state index < -0.39 is 12.0 Å². The Balaban J connectivity index is 1.24. The van der Waals surface area contributed by atoms with Gasteiger partial charge < -0.3 is 10.0 Å². The Kier molecular flexibility index (Phi) is 3.92. The van der Waals surface area contributed by atoms with Gasteiger partial charge in [0.1, 0.15) is 6.04 Å². The Morgan fingerprint density at radius 1 is 1.19 bits per heavy atom. The third-order valence-electron chi connectivity index (χ3n) is 7.44. The number of amides is 1. The van der Waals surface area contributed by atoms with Gasteiger partial charge in [-0.1, -0.05) is 35.9 Å². The van der Waals surface area contributed by atoms with Gasteiger partial charge in [-0.3, -0.25) is 4.79 Å². The molecule has 0 spiro atoms. The summed E-state index contributed by atoms with van der Waals surface area (Å²) in [6, 6.07) is 8.28. The minimum Gasteiger partial charge on any atom is -0.480 e. The van der Waals surface area contributed by atoms with Crippen LogP contribution in [0, 0.1) is 11.8 Å². The Morgan fingerprint density at radius 3 is 2.74 bits per heavy atom. The molecule has 1 heterocycles. The summed E-state index contributed by atoms with van der Waals surface area (Å²) in [4.78, 5) is 25.3. The van der Waals surface area contributed by atoms with Crippen LogP contribution in [0.3, 0.4) is 0 Å². The maximum absolute atomic E-state index is 12.5.